The summed E-state index contributed by atoms with van der Waals surface area (Å²) >= 11 is 0. The first-order chi connectivity index (χ1) is 24.0. The van der Waals surface area contributed by atoms with Gasteiger partial charge in [0.1, 0.15) is 6.10 Å². The van der Waals surface area contributed by atoms with Crippen LogP contribution in [-0.2, 0) is 14.3 Å². The minimum absolute atomic E-state index is 0.0747. The third-order valence-electron chi connectivity index (χ3n) is 17.7. The normalized spacial score (nSPS) is 39.3. The summed E-state index contributed by atoms with van der Waals surface area (Å²) < 4.78 is 6.21. The predicted octanol–water partition coefficient (Wildman–Crippen LogP) is 10.1. The molecule has 6 nitrogen and oxygen atoms in total. The Kier molecular flexibility index (Phi) is 11.5. The number of likely N-dealkylation sites (tertiary alicyclic amines) is 1. The minimum Gasteiger partial charge on any atom is -0.481 e. The van der Waals surface area contributed by atoms with Gasteiger partial charge in [-0.2, -0.15) is 0 Å². The Bertz CT molecular complexity index is 1240. The maximum atomic E-state index is 13.1. The number of hydrogen-bond donors (Lipinski definition) is 2. The Hall–Kier alpha value is -1.14. The molecule has 0 aromatic carbocycles. The average molecular weight is 711 g/mol. The lowest BCUT2D eigenvalue weighted by atomic mass is 9.33. The molecule has 51 heavy (non-hydrogen) atoms. The first kappa shape index (κ1) is 39.6. The number of nitrogens with one attached hydrogen (secondary N) is 1. The summed E-state index contributed by atoms with van der Waals surface area (Å²) in [5, 5.41) is 13.4. The Labute approximate surface area is 312 Å². The molecule has 9 atom stereocenters. The first-order valence-electron chi connectivity index (χ1n) is 21.8. The number of carbonyl (C=O) groups excluding carboxylic acids is 1. The maximum absolute atomic E-state index is 13.1. The number of carbonyl (C=O) groups is 2. The number of rotatable bonds is 15. The highest BCUT2D eigenvalue weighted by atomic mass is 16.5. The molecule has 0 aromatic heterocycles. The zero-order valence-electron chi connectivity index (χ0n) is 34.3. The number of hydrogen-bond acceptors (Lipinski definition) is 5. The van der Waals surface area contributed by atoms with Gasteiger partial charge in [-0.1, -0.05) is 60.8 Å². The van der Waals surface area contributed by atoms with Crippen LogP contribution in [0.15, 0.2) is 0 Å². The van der Waals surface area contributed by atoms with Crippen molar-refractivity contribution >= 4 is 11.9 Å². The van der Waals surface area contributed by atoms with Crippen molar-refractivity contribution in [1.82, 2.24) is 10.2 Å². The minimum atomic E-state index is -1.11. The highest BCUT2D eigenvalue weighted by molar-refractivity contribution is 5.81. The van der Waals surface area contributed by atoms with Gasteiger partial charge in [-0.25, -0.2) is 0 Å². The monoisotopic (exact) mass is 711 g/mol. The number of ether oxygens (including phenoxy) is 1. The average Bonchev–Trinajstić information content (AvgIpc) is 3.57. The van der Waals surface area contributed by atoms with E-state index >= 15 is 0 Å². The second-order valence-electron chi connectivity index (χ2n) is 21.3. The van der Waals surface area contributed by atoms with E-state index in [0.717, 1.165) is 37.1 Å². The van der Waals surface area contributed by atoms with Crippen molar-refractivity contribution in [3.63, 3.8) is 0 Å². The van der Waals surface area contributed by atoms with E-state index in [2.05, 4.69) is 51.8 Å². The topological polar surface area (TPSA) is 78.9 Å². The smallest absolute Gasteiger partial charge is 0.309 e. The molecule has 0 radical (unpaired) electrons. The SMILES string of the molecule is CC(C)(CC(=O)O[C@H]1CC[C@]2(C)[C@H]3CC[C@@H]4[C@@H]([C@@H](CCCCCNCCN5CCCC5)C5(C)CC5)CCC[C@@]4(C)[C@]3(C)CC[C@H]2C1(C)C)C(=O)O. The number of esters is 1. The molecule has 6 aliphatic rings. The maximum Gasteiger partial charge on any atom is 0.309 e. The van der Waals surface area contributed by atoms with Crippen LogP contribution < -0.4 is 5.32 Å². The van der Waals surface area contributed by atoms with Gasteiger partial charge in [0.2, 0.25) is 0 Å². The number of aliphatic carboxylic acids is 1. The van der Waals surface area contributed by atoms with Gasteiger partial charge < -0.3 is 20.1 Å². The zero-order chi connectivity index (χ0) is 36.9. The second-order valence-corrected chi connectivity index (χ2v) is 21.3. The fourth-order valence-corrected chi connectivity index (χ4v) is 14.1. The Morgan fingerprint density at radius 1 is 0.804 bits per heavy atom. The lowest BCUT2D eigenvalue weighted by Crippen LogP contribution is -2.66. The molecule has 6 fully saturated rings. The molecule has 0 unspecified atom stereocenters. The molecular formula is C45H78N2O4. The molecule has 1 heterocycles. The first-order valence-corrected chi connectivity index (χ1v) is 21.8. The fourth-order valence-electron chi connectivity index (χ4n) is 14.1. The molecule has 1 saturated heterocycles. The number of carboxylic acids is 1. The highest BCUT2D eigenvalue weighted by Crippen LogP contribution is 2.75. The van der Waals surface area contributed by atoms with Crippen LogP contribution in [0.4, 0.5) is 0 Å². The molecule has 5 saturated carbocycles. The van der Waals surface area contributed by atoms with Crippen LogP contribution in [0.3, 0.4) is 0 Å². The molecule has 6 heteroatoms. The van der Waals surface area contributed by atoms with Gasteiger partial charge in [0.15, 0.2) is 0 Å². The number of unbranched alkanes of at least 4 members (excludes halogenated alkanes) is 2. The van der Waals surface area contributed by atoms with Gasteiger partial charge in [-0.05, 0) is 175 Å². The van der Waals surface area contributed by atoms with Crippen LogP contribution in [0.1, 0.15) is 171 Å². The van der Waals surface area contributed by atoms with Crippen molar-refractivity contribution in [2.75, 3.05) is 32.7 Å². The summed E-state index contributed by atoms with van der Waals surface area (Å²) in [7, 11) is 0. The summed E-state index contributed by atoms with van der Waals surface area (Å²) in [4.78, 5) is 27.4. The fraction of sp³-hybridized carbons (Fsp3) is 0.956. The van der Waals surface area contributed by atoms with E-state index in [1.807, 2.05) is 0 Å². The summed E-state index contributed by atoms with van der Waals surface area (Å²) in [6, 6.07) is 0. The van der Waals surface area contributed by atoms with Gasteiger partial charge in [0.05, 0.1) is 11.8 Å². The van der Waals surface area contributed by atoms with Crippen LogP contribution >= 0.6 is 0 Å². The molecule has 6 rings (SSSR count). The van der Waals surface area contributed by atoms with E-state index in [1.54, 1.807) is 13.8 Å². The molecule has 1 aliphatic heterocycles. The van der Waals surface area contributed by atoms with Crippen molar-refractivity contribution in [1.29, 1.82) is 0 Å². The Morgan fingerprint density at radius 3 is 2.22 bits per heavy atom. The summed E-state index contributed by atoms with van der Waals surface area (Å²) in [6.45, 7) is 24.9. The number of fused-ring (bicyclic) bond motifs is 5. The number of nitrogens with zero attached hydrogens (tertiary/aromatic N) is 1. The highest BCUT2D eigenvalue weighted by Gasteiger charge is 2.69. The van der Waals surface area contributed by atoms with Gasteiger partial charge in [0, 0.05) is 18.5 Å². The van der Waals surface area contributed by atoms with E-state index in [-0.39, 0.29) is 29.3 Å². The summed E-state index contributed by atoms with van der Waals surface area (Å²) in [6.07, 6.45) is 22.5. The second kappa shape index (κ2) is 14.8. The van der Waals surface area contributed by atoms with Crippen molar-refractivity contribution in [2.24, 2.45) is 62.1 Å². The zero-order valence-corrected chi connectivity index (χ0v) is 34.3. The van der Waals surface area contributed by atoms with Crippen LogP contribution in [-0.4, -0.2) is 60.8 Å². The molecule has 5 aliphatic carbocycles. The predicted molar refractivity (Wildman–Crippen MR) is 207 cm³/mol. The van der Waals surface area contributed by atoms with E-state index in [9.17, 15) is 14.7 Å². The van der Waals surface area contributed by atoms with E-state index in [1.165, 1.54) is 122 Å². The van der Waals surface area contributed by atoms with Gasteiger partial charge >= 0.3 is 11.9 Å². The van der Waals surface area contributed by atoms with Gasteiger partial charge in [-0.15, -0.1) is 0 Å². The third kappa shape index (κ3) is 7.47. The molecule has 292 valence electrons. The quantitative estimate of drug-likeness (QED) is 0.130. The van der Waals surface area contributed by atoms with Crippen molar-refractivity contribution < 1.29 is 19.4 Å². The van der Waals surface area contributed by atoms with Crippen LogP contribution in [0.2, 0.25) is 0 Å². The molecule has 2 N–H and O–H groups in total. The largest absolute Gasteiger partial charge is 0.481 e. The lowest BCUT2D eigenvalue weighted by Gasteiger charge is -2.72. The van der Waals surface area contributed by atoms with E-state index in [0.29, 0.717) is 28.1 Å². The Morgan fingerprint density at radius 2 is 1.53 bits per heavy atom. The number of carboxylic acid groups (broad SMARTS) is 1. The van der Waals surface area contributed by atoms with Crippen LogP contribution in [0.5, 0.6) is 0 Å². The van der Waals surface area contributed by atoms with Crippen molar-refractivity contribution in [3.8, 4) is 0 Å². The van der Waals surface area contributed by atoms with Crippen LogP contribution in [0, 0.1) is 62.1 Å². The third-order valence-corrected chi connectivity index (χ3v) is 17.7. The molecule has 0 bridgehead atoms. The van der Waals surface area contributed by atoms with E-state index in [4.69, 9.17) is 4.74 Å². The standard InChI is InChI=1S/C45H78N2O4/c1-40(2,39(49)50)31-38(48)51-37-20-22-43(6)35(41(37,3)4)19-23-45(8)36(43)18-17-34-32(15-14-21-44(34,45)7)33(42(5)24-25-42)16-10-9-11-26-46-27-30-47-28-12-13-29-47/h32-37,46H,9-31H2,1-8H3,(H,49,50)/t32-,33-,34-,35+,36-,37+,43+,44-,45-/m1/s1. The van der Waals surface area contributed by atoms with E-state index < -0.39 is 11.4 Å². The van der Waals surface area contributed by atoms with Crippen LogP contribution in [0.25, 0.3) is 0 Å². The molecule has 0 aromatic rings. The molecular weight excluding hydrogens is 633 g/mol. The van der Waals surface area contributed by atoms with Crippen molar-refractivity contribution in [2.45, 2.75) is 177 Å². The molecule has 0 amide bonds. The van der Waals surface area contributed by atoms with Gasteiger partial charge in [-0.3, -0.25) is 9.59 Å². The van der Waals surface area contributed by atoms with Crippen molar-refractivity contribution in [3.05, 3.63) is 0 Å². The molecule has 0 spiro atoms. The summed E-state index contributed by atoms with van der Waals surface area (Å²) in [5.74, 6) is 2.56. The van der Waals surface area contributed by atoms with Gasteiger partial charge in [0.25, 0.3) is 0 Å². The lowest BCUT2D eigenvalue weighted by molar-refractivity contribution is -0.244. The Balaban J connectivity index is 1.09. The summed E-state index contributed by atoms with van der Waals surface area (Å²) in [5.41, 5.74) is 0.331.